The molecule has 6 nitrogen and oxygen atoms in total. The van der Waals surface area contributed by atoms with Crippen LogP contribution in [-0.2, 0) is 9.53 Å². The Labute approximate surface area is 165 Å². The number of rotatable bonds is 6. The van der Waals surface area contributed by atoms with Crippen LogP contribution >= 0.6 is 11.6 Å². The lowest BCUT2D eigenvalue weighted by atomic mass is 9.88. The van der Waals surface area contributed by atoms with Gasteiger partial charge in [-0.2, -0.15) is 0 Å². The molecule has 1 aliphatic carbocycles. The van der Waals surface area contributed by atoms with Crippen LogP contribution in [-0.4, -0.2) is 37.7 Å². The van der Waals surface area contributed by atoms with Gasteiger partial charge in [0.1, 0.15) is 0 Å². The van der Waals surface area contributed by atoms with Crippen molar-refractivity contribution in [2.45, 2.75) is 51.6 Å². The number of ether oxygens (including phenoxy) is 1. The van der Waals surface area contributed by atoms with E-state index in [1.54, 1.807) is 23.1 Å². The summed E-state index contributed by atoms with van der Waals surface area (Å²) >= 11 is 6.30. The zero-order valence-electron chi connectivity index (χ0n) is 15.8. The molecule has 0 radical (unpaired) electrons. The SMILES string of the molecule is C[C@@H]1CCCC[C@@H]1OCCNC(=O)Nc1ccc(N2CCCC2=O)c(Cl)c1. The largest absolute Gasteiger partial charge is 0.376 e. The number of urea groups is 1. The van der Waals surface area contributed by atoms with Gasteiger partial charge >= 0.3 is 6.03 Å². The smallest absolute Gasteiger partial charge is 0.319 e. The Kier molecular flexibility index (Phi) is 6.96. The van der Waals surface area contributed by atoms with E-state index in [2.05, 4.69) is 17.6 Å². The van der Waals surface area contributed by atoms with Gasteiger partial charge in [0.25, 0.3) is 0 Å². The molecule has 2 aliphatic rings. The van der Waals surface area contributed by atoms with Crippen molar-refractivity contribution >= 4 is 34.9 Å². The van der Waals surface area contributed by atoms with Crippen molar-refractivity contribution in [1.29, 1.82) is 0 Å². The first-order valence-electron chi connectivity index (χ1n) is 9.81. The predicted octanol–water partition coefficient (Wildman–Crippen LogP) is 4.18. The van der Waals surface area contributed by atoms with E-state index in [9.17, 15) is 9.59 Å². The highest BCUT2D eigenvalue weighted by molar-refractivity contribution is 6.34. The maximum atomic E-state index is 12.0. The average molecular weight is 394 g/mol. The molecule has 0 spiro atoms. The molecular formula is C20H28ClN3O3. The van der Waals surface area contributed by atoms with Gasteiger partial charge in [-0.25, -0.2) is 4.79 Å². The molecule has 27 heavy (non-hydrogen) atoms. The first kappa shape index (κ1) is 20.0. The Hall–Kier alpha value is -1.79. The maximum Gasteiger partial charge on any atom is 0.319 e. The lowest BCUT2D eigenvalue weighted by Crippen LogP contribution is -2.34. The third-order valence-corrected chi connectivity index (χ3v) is 5.62. The number of nitrogens with one attached hydrogen (secondary N) is 2. The number of benzene rings is 1. The molecule has 1 aliphatic heterocycles. The Morgan fingerprint density at radius 1 is 1.30 bits per heavy atom. The minimum Gasteiger partial charge on any atom is -0.376 e. The van der Waals surface area contributed by atoms with Gasteiger partial charge in [0.15, 0.2) is 0 Å². The second kappa shape index (κ2) is 9.42. The monoisotopic (exact) mass is 393 g/mol. The Morgan fingerprint density at radius 2 is 2.11 bits per heavy atom. The van der Waals surface area contributed by atoms with Crippen molar-refractivity contribution in [3.8, 4) is 0 Å². The minimum atomic E-state index is -0.295. The number of hydrogen-bond acceptors (Lipinski definition) is 3. The van der Waals surface area contributed by atoms with E-state index in [0.717, 1.165) is 12.8 Å². The van der Waals surface area contributed by atoms with Crippen LogP contribution in [0.3, 0.4) is 0 Å². The van der Waals surface area contributed by atoms with E-state index in [0.29, 0.717) is 54.5 Å². The number of halogens is 1. The van der Waals surface area contributed by atoms with Crippen molar-refractivity contribution in [2.24, 2.45) is 5.92 Å². The summed E-state index contributed by atoms with van der Waals surface area (Å²) < 4.78 is 5.90. The van der Waals surface area contributed by atoms with Crippen LogP contribution < -0.4 is 15.5 Å². The fraction of sp³-hybridized carbons (Fsp3) is 0.600. The van der Waals surface area contributed by atoms with E-state index < -0.39 is 0 Å². The van der Waals surface area contributed by atoms with Gasteiger partial charge in [-0.15, -0.1) is 0 Å². The molecule has 1 saturated carbocycles. The summed E-state index contributed by atoms with van der Waals surface area (Å²) in [7, 11) is 0. The van der Waals surface area contributed by atoms with E-state index in [-0.39, 0.29) is 11.9 Å². The number of amides is 3. The van der Waals surface area contributed by atoms with E-state index in [1.165, 1.54) is 19.3 Å². The van der Waals surface area contributed by atoms with Gasteiger partial charge in [-0.05, 0) is 43.4 Å². The minimum absolute atomic E-state index is 0.0858. The van der Waals surface area contributed by atoms with Gasteiger partial charge in [0.05, 0.1) is 23.4 Å². The summed E-state index contributed by atoms with van der Waals surface area (Å²) in [5, 5.41) is 6.02. The third kappa shape index (κ3) is 5.36. The molecule has 1 aromatic carbocycles. The van der Waals surface area contributed by atoms with Crippen molar-refractivity contribution in [2.75, 3.05) is 29.9 Å². The second-order valence-electron chi connectivity index (χ2n) is 7.37. The zero-order chi connectivity index (χ0) is 19.2. The fourth-order valence-electron chi connectivity index (χ4n) is 3.79. The molecule has 0 aromatic heterocycles. The topological polar surface area (TPSA) is 70.7 Å². The average Bonchev–Trinajstić information content (AvgIpc) is 3.06. The van der Waals surface area contributed by atoms with Gasteiger partial charge < -0.3 is 20.3 Å². The molecule has 7 heteroatoms. The highest BCUT2D eigenvalue weighted by Gasteiger charge is 2.24. The van der Waals surface area contributed by atoms with Crippen molar-refractivity contribution in [3.63, 3.8) is 0 Å². The summed E-state index contributed by atoms with van der Waals surface area (Å²) in [6.45, 7) is 3.89. The van der Waals surface area contributed by atoms with Crippen LogP contribution in [0.5, 0.6) is 0 Å². The normalized spacial score (nSPS) is 22.7. The molecule has 2 atom stereocenters. The highest BCUT2D eigenvalue weighted by atomic mass is 35.5. The zero-order valence-corrected chi connectivity index (χ0v) is 16.6. The number of hydrogen-bond donors (Lipinski definition) is 2. The van der Waals surface area contributed by atoms with E-state index in [1.807, 2.05) is 0 Å². The van der Waals surface area contributed by atoms with Crippen LogP contribution in [0, 0.1) is 5.92 Å². The quantitative estimate of drug-likeness (QED) is 0.712. The maximum absolute atomic E-state index is 12.0. The molecule has 148 valence electrons. The van der Waals surface area contributed by atoms with Crippen molar-refractivity contribution in [3.05, 3.63) is 23.2 Å². The first-order chi connectivity index (χ1) is 13.0. The fourth-order valence-corrected chi connectivity index (χ4v) is 4.07. The number of carbonyl (C=O) groups excluding carboxylic acids is 2. The molecule has 0 unspecified atom stereocenters. The Morgan fingerprint density at radius 3 is 2.81 bits per heavy atom. The predicted molar refractivity (Wildman–Crippen MR) is 107 cm³/mol. The van der Waals surface area contributed by atoms with Crippen molar-refractivity contribution in [1.82, 2.24) is 5.32 Å². The third-order valence-electron chi connectivity index (χ3n) is 5.32. The standard InChI is InChI=1S/C20H28ClN3O3/c1-14-5-2-3-6-18(14)27-12-10-22-20(26)23-15-8-9-17(16(21)13-15)24-11-4-7-19(24)25/h8-9,13-14,18H,2-7,10-12H2,1H3,(H2,22,23,26)/t14-,18+/m1/s1. The number of nitrogens with zero attached hydrogens (tertiary/aromatic N) is 1. The van der Waals surface area contributed by atoms with Gasteiger partial charge in [0.2, 0.25) is 5.91 Å². The van der Waals surface area contributed by atoms with Crippen LogP contribution in [0.15, 0.2) is 18.2 Å². The molecule has 1 aromatic rings. The molecule has 3 rings (SSSR count). The first-order valence-corrected chi connectivity index (χ1v) is 10.2. The Balaban J connectivity index is 1.42. The molecule has 1 saturated heterocycles. The van der Waals surface area contributed by atoms with E-state index in [4.69, 9.17) is 16.3 Å². The van der Waals surface area contributed by atoms with Crippen molar-refractivity contribution < 1.29 is 14.3 Å². The summed E-state index contributed by atoms with van der Waals surface area (Å²) in [5.74, 6) is 0.679. The summed E-state index contributed by atoms with van der Waals surface area (Å²) in [6, 6.07) is 4.90. The van der Waals surface area contributed by atoms with Gasteiger partial charge in [-0.1, -0.05) is 31.4 Å². The molecule has 2 N–H and O–H groups in total. The van der Waals surface area contributed by atoms with Gasteiger partial charge in [-0.3, -0.25) is 4.79 Å². The summed E-state index contributed by atoms with van der Waals surface area (Å²) in [5.41, 5.74) is 1.29. The molecule has 1 heterocycles. The second-order valence-corrected chi connectivity index (χ2v) is 7.77. The van der Waals surface area contributed by atoms with Crippen LogP contribution in [0.25, 0.3) is 0 Å². The molecule has 3 amide bonds. The molecule has 2 fully saturated rings. The number of anilines is 2. The highest BCUT2D eigenvalue weighted by Crippen LogP contribution is 2.31. The lowest BCUT2D eigenvalue weighted by molar-refractivity contribution is -0.117. The molecular weight excluding hydrogens is 366 g/mol. The summed E-state index contributed by atoms with van der Waals surface area (Å²) in [6.07, 6.45) is 6.55. The lowest BCUT2D eigenvalue weighted by Gasteiger charge is -2.28. The van der Waals surface area contributed by atoms with Crippen LogP contribution in [0.2, 0.25) is 5.02 Å². The summed E-state index contributed by atoms with van der Waals surface area (Å²) in [4.78, 5) is 25.6. The Bertz CT molecular complexity index is 682. The molecule has 0 bridgehead atoms. The van der Waals surface area contributed by atoms with E-state index >= 15 is 0 Å². The van der Waals surface area contributed by atoms with Gasteiger partial charge in [0, 0.05) is 25.2 Å². The van der Waals surface area contributed by atoms with Crippen LogP contribution in [0.1, 0.15) is 45.4 Å². The van der Waals surface area contributed by atoms with Crippen LogP contribution in [0.4, 0.5) is 16.2 Å². The number of carbonyl (C=O) groups is 2.